The molecule has 1 N–H and O–H groups in total. The number of ether oxygens (including phenoxy) is 1. The number of rotatable bonds is 11. The Morgan fingerprint density at radius 1 is 0.920 bits per heavy atom. The van der Waals surface area contributed by atoms with E-state index >= 15 is 0 Å². The lowest BCUT2D eigenvalue weighted by molar-refractivity contribution is 0.0684. The van der Waals surface area contributed by atoms with Crippen LogP contribution < -0.4 is 4.74 Å². The molecule has 2 aliphatic heterocycles. The molecule has 0 amide bonds. The normalized spacial score (nSPS) is 16.8. The van der Waals surface area contributed by atoms with Gasteiger partial charge in [-0.3, -0.25) is 4.68 Å². The van der Waals surface area contributed by atoms with Gasteiger partial charge in [-0.2, -0.15) is 9.40 Å². The molecule has 10 nitrogen and oxygen atoms in total. The van der Waals surface area contributed by atoms with Crippen molar-refractivity contribution < 1.29 is 23.1 Å². The molecule has 0 radical (unpaired) electrons. The molecule has 264 valence electrons. The van der Waals surface area contributed by atoms with Crippen molar-refractivity contribution in [3.05, 3.63) is 83.3 Å². The molecule has 0 atom stereocenters. The molecular formula is C39H47N5O5S. The third-order valence-electron chi connectivity index (χ3n) is 10.4. The lowest BCUT2D eigenvalue weighted by Gasteiger charge is -2.23. The highest BCUT2D eigenvalue weighted by atomic mass is 32.2. The van der Waals surface area contributed by atoms with E-state index in [0.29, 0.717) is 44.5 Å². The van der Waals surface area contributed by atoms with Gasteiger partial charge in [0.15, 0.2) is 0 Å². The number of hydrogen-bond donors (Lipinski definition) is 1. The lowest BCUT2D eigenvalue weighted by Crippen LogP contribution is -2.35. The quantitative estimate of drug-likeness (QED) is 0.157. The second-order valence-electron chi connectivity index (χ2n) is 13.6. The molecule has 50 heavy (non-hydrogen) atoms. The van der Waals surface area contributed by atoms with Gasteiger partial charge in [0, 0.05) is 47.7 Å². The first kappa shape index (κ1) is 34.3. The summed E-state index contributed by atoms with van der Waals surface area (Å²) in [7, 11) is -1.73. The Bertz CT molecular complexity index is 2120. The van der Waals surface area contributed by atoms with Crippen molar-refractivity contribution >= 4 is 37.7 Å². The van der Waals surface area contributed by atoms with Gasteiger partial charge in [-0.05, 0) is 81.6 Å². The second-order valence-corrected chi connectivity index (χ2v) is 15.7. The summed E-state index contributed by atoms with van der Waals surface area (Å²) in [5.74, 6) is -0.266. The Balaban J connectivity index is 1.25. The van der Waals surface area contributed by atoms with Gasteiger partial charge in [0.1, 0.15) is 11.4 Å². The maximum absolute atomic E-state index is 14.0. The highest BCUT2D eigenvalue weighted by Crippen LogP contribution is 2.39. The van der Waals surface area contributed by atoms with Gasteiger partial charge in [-0.15, -0.1) is 0 Å². The van der Waals surface area contributed by atoms with Gasteiger partial charge in [0.25, 0.3) is 0 Å². The van der Waals surface area contributed by atoms with Crippen LogP contribution in [0.4, 0.5) is 0 Å². The minimum absolute atomic E-state index is 0.0609. The number of carboxylic acids is 1. The Labute approximate surface area is 294 Å². The number of hydrogen-bond acceptors (Lipinski definition) is 6. The van der Waals surface area contributed by atoms with Crippen LogP contribution in [0.1, 0.15) is 66.5 Å². The number of carbonyl (C=O) groups is 1. The Kier molecular flexibility index (Phi) is 9.99. The third-order valence-corrected chi connectivity index (χ3v) is 12.3. The SMILES string of the molecule is CCc1c2c(nn1C)CN(CCCN1CCCC1)S(=O)(=O)CCCn1c(C(=O)O)c(CCCOc3cccc4ccccc34)c3cccc-2c31. The molecule has 7 rings (SSSR count). The lowest BCUT2D eigenvalue weighted by atomic mass is 9.97. The summed E-state index contributed by atoms with van der Waals surface area (Å²) in [5.41, 5.74) is 5.32. The van der Waals surface area contributed by atoms with E-state index in [1.807, 2.05) is 64.8 Å². The molecule has 0 aliphatic carbocycles. The molecule has 5 aromatic rings. The maximum atomic E-state index is 14.0. The van der Waals surface area contributed by atoms with Gasteiger partial charge in [-0.25, -0.2) is 13.2 Å². The Hall–Kier alpha value is -4.19. The van der Waals surface area contributed by atoms with Gasteiger partial charge in [0.2, 0.25) is 10.0 Å². The molecule has 1 fully saturated rings. The summed E-state index contributed by atoms with van der Waals surface area (Å²) in [4.78, 5) is 15.5. The Morgan fingerprint density at radius 2 is 1.68 bits per heavy atom. The van der Waals surface area contributed by atoms with E-state index < -0.39 is 16.0 Å². The summed E-state index contributed by atoms with van der Waals surface area (Å²) in [5, 5.41) is 18.7. The average Bonchev–Trinajstić information content (AvgIpc) is 3.82. The Morgan fingerprint density at radius 3 is 2.48 bits per heavy atom. The first-order valence-corrected chi connectivity index (χ1v) is 19.6. The van der Waals surface area contributed by atoms with E-state index in [9.17, 15) is 18.3 Å². The highest BCUT2D eigenvalue weighted by molar-refractivity contribution is 7.89. The molecular weight excluding hydrogens is 651 g/mol. The van der Waals surface area contributed by atoms with Gasteiger partial charge >= 0.3 is 5.97 Å². The number of benzene rings is 3. The number of para-hydroxylation sites is 1. The maximum Gasteiger partial charge on any atom is 0.352 e. The van der Waals surface area contributed by atoms with Crippen molar-refractivity contribution in [1.29, 1.82) is 0 Å². The van der Waals surface area contributed by atoms with E-state index in [0.717, 1.165) is 75.9 Å². The van der Waals surface area contributed by atoms with Crippen LogP contribution in [-0.2, 0) is 43.0 Å². The standard InChI is InChI=1S/C39H47N5O5S/c1-3-34-36-32-17-9-16-30-31(18-10-25-49-35-19-8-14-28-13-4-5-15-29(28)35)38(39(45)46)44(37(30)32)24-12-26-50(47,48)43(27-33(36)40-41(34)2)23-11-22-42-20-6-7-21-42/h4-5,8-9,13-17,19H,3,6-7,10-12,18,20-27H2,1-2H3,(H,45,46). The summed E-state index contributed by atoms with van der Waals surface area (Å²) in [6.07, 6.45) is 5.28. The van der Waals surface area contributed by atoms with Crippen molar-refractivity contribution in [3.8, 4) is 16.9 Å². The van der Waals surface area contributed by atoms with Crippen LogP contribution in [0, 0.1) is 0 Å². The zero-order chi connectivity index (χ0) is 34.8. The summed E-state index contributed by atoms with van der Waals surface area (Å²) < 4.78 is 39.5. The van der Waals surface area contributed by atoms with E-state index in [1.54, 1.807) is 4.31 Å². The number of carboxylic acid groups (broad SMARTS) is 1. The molecule has 11 heteroatoms. The van der Waals surface area contributed by atoms with Crippen molar-refractivity contribution in [1.82, 2.24) is 23.6 Å². The molecule has 2 aromatic heterocycles. The first-order chi connectivity index (χ1) is 24.3. The minimum Gasteiger partial charge on any atom is -0.493 e. The van der Waals surface area contributed by atoms with Crippen LogP contribution in [0.5, 0.6) is 5.75 Å². The van der Waals surface area contributed by atoms with Crippen molar-refractivity contribution in [2.45, 2.75) is 65.0 Å². The van der Waals surface area contributed by atoms with Crippen molar-refractivity contribution in [2.75, 3.05) is 38.5 Å². The topological polar surface area (TPSA) is 110 Å². The van der Waals surface area contributed by atoms with E-state index in [2.05, 4.69) is 24.0 Å². The molecule has 4 heterocycles. The van der Waals surface area contributed by atoms with Gasteiger partial charge in [-0.1, -0.05) is 61.5 Å². The summed E-state index contributed by atoms with van der Waals surface area (Å²) >= 11 is 0. The number of aryl methyl sites for hydroxylation is 3. The number of fused-ring (bicyclic) bond motifs is 3. The summed E-state index contributed by atoms with van der Waals surface area (Å²) in [6.45, 7) is 6.43. The van der Waals surface area contributed by atoms with Crippen molar-refractivity contribution in [3.63, 3.8) is 0 Å². The molecule has 0 spiro atoms. The van der Waals surface area contributed by atoms with Crippen molar-refractivity contribution in [2.24, 2.45) is 7.05 Å². The van der Waals surface area contributed by atoms with Gasteiger partial charge < -0.3 is 19.3 Å². The first-order valence-electron chi connectivity index (χ1n) is 18.0. The van der Waals surface area contributed by atoms with Crippen LogP contribution >= 0.6 is 0 Å². The fraction of sp³-hybridized carbons (Fsp3) is 0.436. The monoisotopic (exact) mass is 697 g/mol. The van der Waals surface area contributed by atoms with Gasteiger partial charge in [0.05, 0.1) is 30.1 Å². The third kappa shape index (κ3) is 6.66. The second kappa shape index (κ2) is 14.6. The number of aromatic carboxylic acids is 1. The largest absolute Gasteiger partial charge is 0.493 e. The van der Waals surface area contributed by atoms with E-state index in [4.69, 9.17) is 9.84 Å². The molecule has 0 saturated carbocycles. The number of nitrogens with zero attached hydrogens (tertiary/aromatic N) is 5. The smallest absolute Gasteiger partial charge is 0.352 e. The average molecular weight is 698 g/mol. The van der Waals surface area contributed by atoms with Crippen LogP contribution in [0.15, 0.2) is 60.7 Å². The van der Waals surface area contributed by atoms with E-state index in [-0.39, 0.29) is 24.5 Å². The number of aromatic nitrogens is 3. The zero-order valence-corrected chi connectivity index (χ0v) is 29.9. The van der Waals surface area contributed by atoms with E-state index in [1.165, 1.54) is 12.8 Å². The number of sulfonamides is 1. The highest BCUT2D eigenvalue weighted by Gasteiger charge is 2.31. The zero-order valence-electron chi connectivity index (χ0n) is 29.1. The molecule has 0 bridgehead atoms. The molecule has 0 unspecified atom stereocenters. The molecule has 1 saturated heterocycles. The summed E-state index contributed by atoms with van der Waals surface area (Å²) in [6, 6.07) is 20.1. The van der Waals surface area contributed by atoms with Crippen LogP contribution in [0.25, 0.3) is 32.8 Å². The van der Waals surface area contributed by atoms with Crippen LogP contribution in [0.2, 0.25) is 0 Å². The fourth-order valence-corrected chi connectivity index (χ4v) is 9.58. The number of likely N-dealkylation sites (tertiary alicyclic amines) is 1. The van der Waals surface area contributed by atoms with Crippen LogP contribution in [-0.4, -0.2) is 81.6 Å². The van der Waals surface area contributed by atoms with Crippen LogP contribution in [0.3, 0.4) is 0 Å². The fourth-order valence-electron chi connectivity index (χ4n) is 8.10. The predicted octanol–water partition coefficient (Wildman–Crippen LogP) is 6.49. The molecule has 3 aromatic carbocycles. The predicted molar refractivity (Wildman–Crippen MR) is 197 cm³/mol. The minimum atomic E-state index is -3.64. The molecule has 2 aliphatic rings.